The lowest BCUT2D eigenvalue weighted by molar-refractivity contribution is 0.229. The molecule has 0 saturated heterocycles. The van der Waals surface area contributed by atoms with Crippen LogP contribution in [0.5, 0.6) is 5.88 Å². The summed E-state index contributed by atoms with van der Waals surface area (Å²) in [5.74, 6) is 0.497. The van der Waals surface area contributed by atoms with Gasteiger partial charge in [0.15, 0.2) is 5.69 Å². The van der Waals surface area contributed by atoms with Crippen molar-refractivity contribution in [3.05, 3.63) is 45.1 Å². The summed E-state index contributed by atoms with van der Waals surface area (Å²) in [6.45, 7) is 0. The Morgan fingerprint density at radius 2 is 2.09 bits per heavy atom. The second-order valence-corrected chi connectivity index (χ2v) is 8.05. The summed E-state index contributed by atoms with van der Waals surface area (Å²) >= 11 is 6.56. The van der Waals surface area contributed by atoms with Gasteiger partial charge in [-0.05, 0) is 40.4 Å². The van der Waals surface area contributed by atoms with Crippen molar-refractivity contribution in [3.8, 4) is 17.1 Å². The highest BCUT2D eigenvalue weighted by atomic mass is 79.9. The molecule has 0 bridgehead atoms. The van der Waals surface area contributed by atoms with Crippen LogP contribution in [0.2, 0.25) is 0 Å². The first kappa shape index (κ1) is 14.9. The molecule has 1 aliphatic heterocycles. The van der Waals surface area contributed by atoms with Crippen LogP contribution in [0.4, 0.5) is 5.69 Å². The third kappa shape index (κ3) is 2.82. The summed E-state index contributed by atoms with van der Waals surface area (Å²) in [7, 11) is 0. The summed E-state index contributed by atoms with van der Waals surface area (Å²) in [6, 6.07) is 12.0. The second-order valence-electron chi connectivity index (χ2n) is 4.78. The maximum absolute atomic E-state index is 6.13. The highest BCUT2D eigenvalue weighted by Crippen LogP contribution is 2.40. The summed E-state index contributed by atoms with van der Waals surface area (Å²) in [6.07, 6.45) is 1.60. The average Bonchev–Trinajstić information content (AvgIpc) is 2.93. The molecular formula is C15H11BrN4OS2. The van der Waals surface area contributed by atoms with Crippen LogP contribution < -0.4 is 10.1 Å². The van der Waals surface area contributed by atoms with Crippen molar-refractivity contribution >= 4 is 44.7 Å². The smallest absolute Gasteiger partial charge is 0.247 e. The molecule has 0 fully saturated rings. The van der Waals surface area contributed by atoms with Crippen LogP contribution in [-0.2, 0) is 0 Å². The van der Waals surface area contributed by atoms with E-state index < -0.39 is 0 Å². The molecule has 0 radical (unpaired) electrons. The fraction of sp³-hybridized carbons (Fsp3) is 0.133. The standard InChI is InChI=1S/C15H11BrN4OS2/c1-22-15-18-14-12(19-20-15)8-4-2-3-5-9(8)17-13(21-14)10-6-7-11(16)23-10/h2-7,13,17H,1H3/t13-/m0/s1. The average molecular weight is 407 g/mol. The zero-order chi connectivity index (χ0) is 15.8. The van der Waals surface area contributed by atoms with E-state index in [1.165, 1.54) is 11.8 Å². The van der Waals surface area contributed by atoms with Crippen LogP contribution in [0.15, 0.2) is 45.3 Å². The first-order valence-corrected chi connectivity index (χ1v) is 9.64. The van der Waals surface area contributed by atoms with Crippen molar-refractivity contribution in [3.63, 3.8) is 0 Å². The molecule has 1 N–H and O–H groups in total. The van der Waals surface area contributed by atoms with Crippen molar-refractivity contribution in [2.45, 2.75) is 11.4 Å². The number of nitrogens with zero attached hydrogens (tertiary/aromatic N) is 3. The number of halogens is 1. The van der Waals surface area contributed by atoms with Gasteiger partial charge in [-0.25, -0.2) is 0 Å². The number of para-hydroxylation sites is 1. The predicted molar refractivity (Wildman–Crippen MR) is 96.1 cm³/mol. The minimum absolute atomic E-state index is 0.319. The topological polar surface area (TPSA) is 59.9 Å². The van der Waals surface area contributed by atoms with E-state index in [-0.39, 0.29) is 6.23 Å². The number of fused-ring (bicyclic) bond motifs is 3. The van der Waals surface area contributed by atoms with E-state index in [0.717, 1.165) is 19.9 Å². The van der Waals surface area contributed by atoms with Gasteiger partial charge in [-0.2, -0.15) is 4.98 Å². The SMILES string of the molecule is CSc1nnc2c(n1)O[C@@H](c1ccc(Br)s1)Nc1ccccc1-2. The lowest BCUT2D eigenvalue weighted by atomic mass is 10.1. The summed E-state index contributed by atoms with van der Waals surface area (Å²) in [5, 5.41) is 12.5. The summed E-state index contributed by atoms with van der Waals surface area (Å²) in [5.41, 5.74) is 2.55. The molecule has 116 valence electrons. The number of thiophene rings is 1. The molecule has 0 spiro atoms. The van der Waals surface area contributed by atoms with Crippen LogP contribution in [0.1, 0.15) is 11.1 Å². The van der Waals surface area contributed by atoms with Crippen molar-refractivity contribution in [2.24, 2.45) is 0 Å². The van der Waals surface area contributed by atoms with E-state index in [0.29, 0.717) is 16.7 Å². The molecule has 3 aromatic rings. The highest BCUT2D eigenvalue weighted by molar-refractivity contribution is 9.11. The van der Waals surface area contributed by atoms with Gasteiger partial charge < -0.3 is 10.1 Å². The van der Waals surface area contributed by atoms with Gasteiger partial charge in [0, 0.05) is 11.3 Å². The van der Waals surface area contributed by atoms with Crippen molar-refractivity contribution in [1.29, 1.82) is 0 Å². The number of hydrogen-bond donors (Lipinski definition) is 1. The lowest BCUT2D eigenvalue weighted by Crippen LogP contribution is -2.15. The van der Waals surface area contributed by atoms with E-state index in [1.807, 2.05) is 42.7 Å². The van der Waals surface area contributed by atoms with Gasteiger partial charge in [-0.3, -0.25) is 0 Å². The zero-order valence-electron chi connectivity index (χ0n) is 12.0. The van der Waals surface area contributed by atoms with Crippen LogP contribution >= 0.6 is 39.0 Å². The zero-order valence-corrected chi connectivity index (χ0v) is 15.2. The maximum atomic E-state index is 6.13. The number of anilines is 1. The lowest BCUT2D eigenvalue weighted by Gasteiger charge is -2.17. The minimum Gasteiger partial charge on any atom is -0.447 e. The third-order valence-corrected chi connectivity index (χ3v) is 5.57. The van der Waals surface area contributed by atoms with E-state index in [2.05, 4.69) is 36.4 Å². The largest absolute Gasteiger partial charge is 0.447 e. The molecule has 0 aliphatic carbocycles. The van der Waals surface area contributed by atoms with Gasteiger partial charge in [0.1, 0.15) is 0 Å². The Hall–Kier alpha value is -1.64. The number of rotatable bonds is 2. The number of benzene rings is 1. The fourth-order valence-electron chi connectivity index (χ4n) is 2.33. The second kappa shape index (κ2) is 6.10. The number of hydrogen-bond acceptors (Lipinski definition) is 7. The molecule has 3 heterocycles. The molecule has 1 aromatic carbocycles. The highest BCUT2D eigenvalue weighted by Gasteiger charge is 2.26. The van der Waals surface area contributed by atoms with Crippen molar-refractivity contribution in [2.75, 3.05) is 11.6 Å². The molecule has 0 saturated carbocycles. The number of thioether (sulfide) groups is 1. The van der Waals surface area contributed by atoms with E-state index >= 15 is 0 Å². The third-order valence-electron chi connectivity index (χ3n) is 3.37. The van der Waals surface area contributed by atoms with E-state index in [9.17, 15) is 0 Å². The van der Waals surface area contributed by atoms with Gasteiger partial charge in [-0.1, -0.05) is 30.0 Å². The predicted octanol–water partition coefficient (Wildman–Crippen LogP) is 4.59. The molecule has 4 rings (SSSR count). The van der Waals surface area contributed by atoms with Gasteiger partial charge >= 0.3 is 0 Å². The molecule has 23 heavy (non-hydrogen) atoms. The van der Waals surface area contributed by atoms with Crippen molar-refractivity contribution < 1.29 is 4.74 Å². The molecule has 5 nitrogen and oxygen atoms in total. The molecule has 0 amide bonds. The number of aromatic nitrogens is 3. The Morgan fingerprint density at radius 3 is 2.87 bits per heavy atom. The minimum atomic E-state index is -0.319. The van der Waals surface area contributed by atoms with Gasteiger partial charge in [-0.15, -0.1) is 21.5 Å². The molecule has 1 atom stereocenters. The molecule has 1 aliphatic rings. The fourth-order valence-corrected chi connectivity index (χ4v) is 4.03. The summed E-state index contributed by atoms with van der Waals surface area (Å²) in [4.78, 5) is 5.55. The van der Waals surface area contributed by atoms with Crippen molar-refractivity contribution in [1.82, 2.24) is 15.2 Å². The van der Waals surface area contributed by atoms with Gasteiger partial charge in [0.05, 0.1) is 8.66 Å². The number of nitrogens with one attached hydrogen (secondary N) is 1. The van der Waals surface area contributed by atoms with E-state index in [4.69, 9.17) is 4.74 Å². The Bertz CT molecular complexity index is 870. The summed E-state index contributed by atoms with van der Waals surface area (Å²) < 4.78 is 7.19. The quantitative estimate of drug-likeness (QED) is 0.628. The van der Waals surface area contributed by atoms with Gasteiger partial charge in [0.25, 0.3) is 0 Å². The molecule has 8 heteroatoms. The first-order chi connectivity index (χ1) is 11.2. The Morgan fingerprint density at radius 1 is 1.22 bits per heavy atom. The van der Waals surface area contributed by atoms with Crippen LogP contribution in [0, 0.1) is 0 Å². The molecule has 0 unspecified atom stereocenters. The maximum Gasteiger partial charge on any atom is 0.247 e. The van der Waals surface area contributed by atoms with Gasteiger partial charge in [0.2, 0.25) is 17.3 Å². The molecule has 2 aromatic heterocycles. The van der Waals surface area contributed by atoms with E-state index in [1.54, 1.807) is 11.3 Å². The van der Waals surface area contributed by atoms with Crippen LogP contribution in [0.3, 0.4) is 0 Å². The monoisotopic (exact) mass is 406 g/mol. The Balaban J connectivity index is 1.87. The first-order valence-electron chi connectivity index (χ1n) is 6.81. The van der Waals surface area contributed by atoms with Crippen LogP contribution in [-0.4, -0.2) is 21.4 Å². The molecular weight excluding hydrogens is 396 g/mol. The normalized spacial score (nSPS) is 15.8. The van der Waals surface area contributed by atoms with Crippen LogP contribution in [0.25, 0.3) is 11.3 Å². The number of ether oxygens (including phenoxy) is 1. The Labute approximate surface area is 149 Å². The Kier molecular flexibility index (Phi) is 3.96.